The Hall–Kier alpha value is -3.27. The Kier molecular flexibility index (Phi) is 6.31. The maximum atomic E-state index is 14.1. The van der Waals surface area contributed by atoms with Gasteiger partial charge < -0.3 is 20.1 Å². The lowest BCUT2D eigenvalue weighted by Gasteiger charge is -2.32. The van der Waals surface area contributed by atoms with Crippen LogP contribution >= 0.6 is 0 Å². The lowest BCUT2D eigenvalue weighted by atomic mass is 9.96. The Morgan fingerprint density at radius 2 is 2.06 bits per heavy atom. The molecule has 35 heavy (non-hydrogen) atoms. The lowest BCUT2D eigenvalue weighted by Crippen LogP contribution is -2.44. The van der Waals surface area contributed by atoms with Crippen LogP contribution in [0.4, 0.5) is 4.39 Å². The molecule has 0 fully saturated rings. The predicted molar refractivity (Wildman–Crippen MR) is 134 cm³/mol. The highest BCUT2D eigenvalue weighted by molar-refractivity contribution is 5.94. The molecule has 5 rings (SSSR count). The van der Waals surface area contributed by atoms with Gasteiger partial charge in [0.05, 0.1) is 23.5 Å². The smallest absolute Gasteiger partial charge is 0.165 e. The van der Waals surface area contributed by atoms with E-state index in [9.17, 15) is 14.6 Å². The third kappa shape index (κ3) is 4.42. The summed E-state index contributed by atoms with van der Waals surface area (Å²) in [5.74, 6) is -0.231. The van der Waals surface area contributed by atoms with E-state index in [0.717, 1.165) is 76.6 Å². The van der Waals surface area contributed by atoms with E-state index in [2.05, 4.69) is 20.1 Å². The van der Waals surface area contributed by atoms with E-state index in [1.54, 1.807) is 0 Å². The van der Waals surface area contributed by atoms with E-state index in [1.807, 2.05) is 44.1 Å². The SMILES string of the molecule is CCc1cc(O)c(F)cc1-c1ccc2c(-c3nc4c([nH]3)CN(C[C@H](CO)N(C)C)CC4)n[nH]c2c1. The standard InChI is InChI=1S/C26H31FN6O2/c1-4-15-10-24(35)20(27)11-19(15)16-5-6-18-22(9-16)30-31-25(18)26-28-21-7-8-33(13-23(21)29-26)12-17(14-34)32(2)3/h5-6,9-11,17,34-35H,4,7-8,12-14H2,1-3H3,(H,28,29)(H,30,31)/t17-/m1/s1. The number of likely N-dealkylation sites (N-methyl/N-ethyl adjacent to an activating group) is 1. The molecule has 3 heterocycles. The van der Waals surface area contributed by atoms with Gasteiger partial charge >= 0.3 is 0 Å². The van der Waals surface area contributed by atoms with Crippen LogP contribution < -0.4 is 0 Å². The van der Waals surface area contributed by atoms with Crippen LogP contribution in [0.25, 0.3) is 33.5 Å². The largest absolute Gasteiger partial charge is 0.505 e. The number of hydrogen-bond acceptors (Lipinski definition) is 6. The first-order chi connectivity index (χ1) is 16.9. The molecule has 4 aromatic rings. The number of aromatic hydroxyl groups is 1. The number of rotatable bonds is 7. The first-order valence-electron chi connectivity index (χ1n) is 12.0. The number of phenols is 1. The summed E-state index contributed by atoms with van der Waals surface area (Å²) in [4.78, 5) is 12.7. The Balaban J connectivity index is 1.42. The number of nitrogens with zero attached hydrogens (tertiary/aromatic N) is 4. The van der Waals surface area contributed by atoms with Crippen LogP contribution in [-0.2, 0) is 19.4 Å². The molecule has 0 spiro atoms. The number of fused-ring (bicyclic) bond motifs is 2. The molecule has 0 aliphatic carbocycles. The van der Waals surface area contributed by atoms with Crippen LogP contribution in [0, 0.1) is 5.82 Å². The fourth-order valence-electron chi connectivity index (χ4n) is 4.83. The number of aromatic nitrogens is 4. The fraction of sp³-hybridized carbons (Fsp3) is 0.385. The van der Waals surface area contributed by atoms with E-state index in [1.165, 1.54) is 12.1 Å². The van der Waals surface area contributed by atoms with E-state index in [4.69, 9.17) is 4.98 Å². The van der Waals surface area contributed by atoms with Crippen LogP contribution in [0.15, 0.2) is 30.3 Å². The molecule has 0 bridgehead atoms. The Morgan fingerprint density at radius 1 is 1.23 bits per heavy atom. The molecular formula is C26H31FN6O2. The van der Waals surface area contributed by atoms with E-state index >= 15 is 0 Å². The number of benzene rings is 2. The summed E-state index contributed by atoms with van der Waals surface area (Å²) in [6, 6.07) is 8.86. The highest BCUT2D eigenvalue weighted by atomic mass is 19.1. The monoisotopic (exact) mass is 478 g/mol. The van der Waals surface area contributed by atoms with Gasteiger partial charge in [0.2, 0.25) is 0 Å². The average Bonchev–Trinajstić information content (AvgIpc) is 3.46. The summed E-state index contributed by atoms with van der Waals surface area (Å²) in [6.45, 7) is 4.55. The van der Waals surface area contributed by atoms with E-state index in [-0.39, 0.29) is 18.4 Å². The van der Waals surface area contributed by atoms with Crippen LogP contribution in [0.2, 0.25) is 0 Å². The number of nitrogens with one attached hydrogen (secondary N) is 2. The molecule has 2 aromatic heterocycles. The molecular weight excluding hydrogens is 447 g/mol. The van der Waals surface area contributed by atoms with Crippen molar-refractivity contribution in [2.24, 2.45) is 0 Å². The van der Waals surface area contributed by atoms with Crippen molar-refractivity contribution in [3.05, 3.63) is 53.1 Å². The van der Waals surface area contributed by atoms with Crippen molar-refractivity contribution >= 4 is 10.9 Å². The fourth-order valence-corrected chi connectivity index (χ4v) is 4.83. The minimum atomic E-state index is -0.631. The quantitative estimate of drug-likeness (QED) is 0.325. The summed E-state index contributed by atoms with van der Waals surface area (Å²) >= 11 is 0. The zero-order valence-electron chi connectivity index (χ0n) is 20.3. The molecule has 8 nitrogen and oxygen atoms in total. The second-order valence-electron chi connectivity index (χ2n) is 9.44. The van der Waals surface area contributed by atoms with Gasteiger partial charge in [-0.3, -0.25) is 10.00 Å². The molecule has 1 aliphatic rings. The van der Waals surface area contributed by atoms with Crippen LogP contribution in [0.3, 0.4) is 0 Å². The van der Waals surface area contributed by atoms with E-state index in [0.29, 0.717) is 6.42 Å². The number of aryl methyl sites for hydroxylation is 1. The van der Waals surface area contributed by atoms with Crippen molar-refractivity contribution in [3.63, 3.8) is 0 Å². The van der Waals surface area contributed by atoms with Crippen LogP contribution in [0.5, 0.6) is 5.75 Å². The molecule has 0 amide bonds. The molecule has 0 saturated carbocycles. The van der Waals surface area contributed by atoms with Crippen molar-refractivity contribution in [2.45, 2.75) is 32.4 Å². The van der Waals surface area contributed by atoms with Crippen molar-refractivity contribution < 1.29 is 14.6 Å². The highest BCUT2D eigenvalue weighted by Crippen LogP contribution is 2.34. The van der Waals surface area contributed by atoms with Gasteiger partial charge in [-0.15, -0.1) is 0 Å². The summed E-state index contributed by atoms with van der Waals surface area (Å²) < 4.78 is 14.1. The van der Waals surface area contributed by atoms with Crippen LogP contribution in [-0.4, -0.2) is 80.0 Å². The maximum absolute atomic E-state index is 14.1. The Morgan fingerprint density at radius 3 is 2.80 bits per heavy atom. The van der Waals surface area contributed by atoms with Gasteiger partial charge in [0, 0.05) is 37.5 Å². The zero-order valence-corrected chi connectivity index (χ0v) is 20.3. The molecule has 9 heteroatoms. The molecule has 4 N–H and O–H groups in total. The number of aliphatic hydroxyl groups is 1. The minimum absolute atomic E-state index is 0.0960. The number of imidazole rings is 1. The average molecular weight is 479 g/mol. The van der Waals surface area contributed by atoms with E-state index < -0.39 is 5.82 Å². The molecule has 1 atom stereocenters. The summed E-state index contributed by atoms with van der Waals surface area (Å²) in [6.07, 6.45) is 1.52. The number of H-pyrrole nitrogens is 2. The minimum Gasteiger partial charge on any atom is -0.505 e. The molecule has 184 valence electrons. The van der Waals surface area contributed by atoms with Gasteiger partial charge in [-0.05, 0) is 61.5 Å². The second-order valence-corrected chi connectivity index (χ2v) is 9.44. The first kappa shape index (κ1) is 23.5. The van der Waals surface area contributed by atoms with Gasteiger partial charge in [0.15, 0.2) is 17.4 Å². The summed E-state index contributed by atoms with van der Waals surface area (Å²) in [7, 11) is 3.97. The third-order valence-corrected chi connectivity index (χ3v) is 6.97. The molecule has 0 saturated heterocycles. The zero-order chi connectivity index (χ0) is 24.7. The molecule has 0 unspecified atom stereocenters. The number of hydrogen-bond donors (Lipinski definition) is 4. The number of phenolic OH excluding ortho intramolecular Hbond substituents is 1. The van der Waals surface area contributed by atoms with Crippen molar-refractivity contribution in [1.82, 2.24) is 30.0 Å². The topological polar surface area (TPSA) is 104 Å². The molecule has 0 radical (unpaired) electrons. The summed E-state index contributed by atoms with van der Waals surface area (Å²) in [5, 5.41) is 28.0. The third-order valence-electron chi connectivity index (χ3n) is 6.97. The number of aliphatic hydroxyl groups excluding tert-OH is 1. The van der Waals surface area contributed by atoms with Gasteiger partial charge in [-0.25, -0.2) is 9.37 Å². The predicted octanol–water partition coefficient (Wildman–Crippen LogP) is 3.31. The Labute approximate surface area is 203 Å². The van der Waals surface area contributed by atoms with Gasteiger partial charge in [-0.2, -0.15) is 5.10 Å². The normalized spacial score (nSPS) is 15.1. The van der Waals surface area contributed by atoms with Gasteiger partial charge in [0.1, 0.15) is 5.69 Å². The molecule has 1 aliphatic heterocycles. The van der Waals surface area contributed by atoms with Crippen LogP contribution in [0.1, 0.15) is 23.9 Å². The lowest BCUT2D eigenvalue weighted by molar-refractivity contribution is 0.114. The maximum Gasteiger partial charge on any atom is 0.165 e. The van der Waals surface area contributed by atoms with Crippen molar-refractivity contribution in [1.29, 1.82) is 0 Å². The molecule has 2 aromatic carbocycles. The number of aromatic amines is 2. The van der Waals surface area contributed by atoms with Gasteiger partial charge in [-0.1, -0.05) is 13.0 Å². The van der Waals surface area contributed by atoms with Crippen molar-refractivity contribution in [3.8, 4) is 28.4 Å². The van der Waals surface area contributed by atoms with Crippen molar-refractivity contribution in [2.75, 3.05) is 33.8 Å². The number of halogens is 1. The highest BCUT2D eigenvalue weighted by Gasteiger charge is 2.24. The summed E-state index contributed by atoms with van der Waals surface area (Å²) in [5.41, 5.74) is 6.22. The first-order valence-corrected chi connectivity index (χ1v) is 12.0. The Bertz CT molecular complexity index is 1360. The van der Waals surface area contributed by atoms with Gasteiger partial charge in [0.25, 0.3) is 0 Å². The second kappa shape index (κ2) is 9.41.